The van der Waals surface area contributed by atoms with E-state index in [1.165, 1.54) is 10.9 Å². The quantitative estimate of drug-likeness (QED) is 0.898. The van der Waals surface area contributed by atoms with E-state index >= 15 is 0 Å². The van der Waals surface area contributed by atoms with E-state index in [9.17, 15) is 4.79 Å². The highest BCUT2D eigenvalue weighted by atomic mass is 35.5. The monoisotopic (exact) mass is 262 g/mol. The van der Waals surface area contributed by atoms with E-state index in [0.29, 0.717) is 17.9 Å². The molecular formula is C9H12Cl2N4O. The number of aryl methyl sites for hydroxylation is 2. The fourth-order valence-electron chi connectivity index (χ4n) is 1.09. The molecule has 5 nitrogen and oxygen atoms in total. The van der Waals surface area contributed by atoms with Crippen molar-refractivity contribution in [3.05, 3.63) is 22.0 Å². The summed E-state index contributed by atoms with van der Waals surface area (Å²) in [5.41, 5.74) is 0.918. The highest BCUT2D eigenvalue weighted by Gasteiger charge is 2.13. The van der Waals surface area contributed by atoms with Gasteiger partial charge in [0.1, 0.15) is 4.49 Å². The Morgan fingerprint density at radius 3 is 2.69 bits per heavy atom. The van der Waals surface area contributed by atoms with Crippen LogP contribution in [0.1, 0.15) is 23.1 Å². The molecule has 0 saturated heterocycles. The molecule has 0 spiro atoms. The van der Waals surface area contributed by atoms with Gasteiger partial charge < -0.3 is 5.32 Å². The summed E-state index contributed by atoms with van der Waals surface area (Å²) in [5.74, 6) is -0.289. The molecule has 0 aliphatic heterocycles. The molecule has 16 heavy (non-hydrogen) atoms. The van der Waals surface area contributed by atoms with Crippen molar-refractivity contribution in [1.82, 2.24) is 20.3 Å². The number of hydrogen-bond acceptors (Lipinski definition) is 3. The molecule has 0 aliphatic carbocycles. The number of nitrogens with zero attached hydrogens (tertiary/aromatic N) is 3. The van der Waals surface area contributed by atoms with Crippen LogP contribution in [-0.2, 0) is 6.54 Å². The van der Waals surface area contributed by atoms with Crippen LogP contribution >= 0.6 is 23.2 Å². The Balaban J connectivity index is 2.65. The van der Waals surface area contributed by atoms with Crippen molar-refractivity contribution in [2.75, 3.05) is 6.54 Å². The van der Waals surface area contributed by atoms with Gasteiger partial charge in [-0.3, -0.25) is 4.79 Å². The summed E-state index contributed by atoms with van der Waals surface area (Å²) in [6.07, 6.45) is 1.49. The molecule has 1 aromatic rings. The van der Waals surface area contributed by atoms with Crippen LogP contribution in [-0.4, -0.2) is 27.4 Å². The number of hydrogen-bond donors (Lipinski definition) is 1. The Kier molecular flexibility index (Phi) is 4.76. The summed E-state index contributed by atoms with van der Waals surface area (Å²) in [5, 5.41) is 10.7. The highest BCUT2D eigenvalue weighted by molar-refractivity contribution is 6.55. The minimum atomic E-state index is -0.289. The van der Waals surface area contributed by atoms with Crippen LogP contribution in [0.2, 0.25) is 0 Å². The minimum absolute atomic E-state index is 0.120. The van der Waals surface area contributed by atoms with E-state index in [0.717, 1.165) is 0 Å². The first-order valence-corrected chi connectivity index (χ1v) is 5.51. The van der Waals surface area contributed by atoms with Gasteiger partial charge in [-0.15, -0.1) is 5.10 Å². The first-order chi connectivity index (χ1) is 7.54. The second-order valence-electron chi connectivity index (χ2n) is 3.03. The first kappa shape index (κ1) is 13.0. The molecule has 88 valence electrons. The Bertz CT molecular complexity index is 410. The van der Waals surface area contributed by atoms with Crippen LogP contribution in [0.5, 0.6) is 0 Å². The van der Waals surface area contributed by atoms with Crippen LogP contribution in [0.15, 0.2) is 10.6 Å². The molecule has 0 fully saturated rings. The predicted octanol–water partition coefficient (Wildman–Crippen LogP) is 1.66. The molecule has 0 unspecified atom stereocenters. The topological polar surface area (TPSA) is 59.8 Å². The molecule has 0 atom stereocenters. The maximum atomic E-state index is 11.6. The molecule has 0 aliphatic rings. The molecule has 0 aromatic carbocycles. The van der Waals surface area contributed by atoms with Gasteiger partial charge in [-0.05, 0) is 19.9 Å². The predicted molar refractivity (Wildman–Crippen MR) is 62.6 cm³/mol. The number of amides is 1. The average Bonchev–Trinajstić information content (AvgIpc) is 2.59. The van der Waals surface area contributed by atoms with E-state index in [1.54, 1.807) is 6.92 Å². The second kappa shape index (κ2) is 5.86. The summed E-state index contributed by atoms with van der Waals surface area (Å²) in [6, 6.07) is 0. The Hall–Kier alpha value is -1.07. The SMILES string of the molecule is CCn1nc(C)c(C(=O)NCC=C(Cl)Cl)n1. The standard InChI is InChI=1S/C9H12Cl2N4O/c1-3-15-13-6(2)8(14-15)9(16)12-5-4-7(10)11/h4H,3,5H2,1-2H3,(H,12,16). The van der Waals surface area contributed by atoms with Gasteiger partial charge in [0.05, 0.1) is 12.2 Å². The van der Waals surface area contributed by atoms with Gasteiger partial charge in [-0.2, -0.15) is 9.90 Å². The van der Waals surface area contributed by atoms with Gasteiger partial charge in [0.15, 0.2) is 5.69 Å². The van der Waals surface area contributed by atoms with Crippen molar-refractivity contribution >= 4 is 29.1 Å². The first-order valence-electron chi connectivity index (χ1n) is 4.75. The number of aromatic nitrogens is 3. The minimum Gasteiger partial charge on any atom is -0.347 e. The summed E-state index contributed by atoms with van der Waals surface area (Å²) >= 11 is 10.8. The van der Waals surface area contributed by atoms with Crippen molar-refractivity contribution in [3.8, 4) is 0 Å². The number of carbonyl (C=O) groups excluding carboxylic acids is 1. The van der Waals surface area contributed by atoms with Crippen LogP contribution in [0, 0.1) is 6.92 Å². The third kappa shape index (κ3) is 3.50. The molecule has 1 heterocycles. The zero-order valence-corrected chi connectivity index (χ0v) is 10.5. The molecule has 1 rings (SSSR count). The third-order valence-electron chi connectivity index (χ3n) is 1.84. The Labute approximate surface area is 103 Å². The van der Waals surface area contributed by atoms with Crippen molar-refractivity contribution < 1.29 is 4.79 Å². The van der Waals surface area contributed by atoms with E-state index in [1.807, 2.05) is 6.92 Å². The summed E-state index contributed by atoms with van der Waals surface area (Å²) < 4.78 is 0.120. The van der Waals surface area contributed by atoms with E-state index < -0.39 is 0 Å². The van der Waals surface area contributed by atoms with E-state index in [-0.39, 0.29) is 16.9 Å². The average molecular weight is 263 g/mol. The zero-order valence-electron chi connectivity index (χ0n) is 9.00. The van der Waals surface area contributed by atoms with Crippen LogP contribution in [0.3, 0.4) is 0 Å². The molecule has 1 amide bonds. The molecule has 7 heteroatoms. The lowest BCUT2D eigenvalue weighted by atomic mass is 10.3. The Morgan fingerprint density at radius 1 is 1.50 bits per heavy atom. The normalized spacial score (nSPS) is 10.0. The number of nitrogens with one attached hydrogen (secondary N) is 1. The van der Waals surface area contributed by atoms with Crippen molar-refractivity contribution in [2.45, 2.75) is 20.4 Å². The van der Waals surface area contributed by atoms with Crippen molar-refractivity contribution in [1.29, 1.82) is 0 Å². The van der Waals surface area contributed by atoms with Gasteiger partial charge in [0.25, 0.3) is 5.91 Å². The number of halogens is 2. The largest absolute Gasteiger partial charge is 0.347 e. The molecule has 1 N–H and O–H groups in total. The fraction of sp³-hybridized carbons (Fsp3) is 0.444. The van der Waals surface area contributed by atoms with E-state index in [2.05, 4.69) is 15.5 Å². The van der Waals surface area contributed by atoms with Gasteiger partial charge in [-0.1, -0.05) is 23.2 Å². The smallest absolute Gasteiger partial charge is 0.274 e. The Morgan fingerprint density at radius 2 is 2.19 bits per heavy atom. The van der Waals surface area contributed by atoms with Crippen molar-refractivity contribution in [2.24, 2.45) is 0 Å². The molecule has 0 saturated carbocycles. The second-order valence-corrected chi connectivity index (χ2v) is 4.03. The third-order valence-corrected chi connectivity index (χ3v) is 2.15. The maximum Gasteiger partial charge on any atom is 0.274 e. The molecule has 0 bridgehead atoms. The van der Waals surface area contributed by atoms with Crippen LogP contribution in [0.25, 0.3) is 0 Å². The summed E-state index contributed by atoms with van der Waals surface area (Å²) in [7, 11) is 0. The zero-order chi connectivity index (χ0) is 12.1. The molecule has 1 aromatic heterocycles. The summed E-state index contributed by atoms with van der Waals surface area (Å²) in [6.45, 7) is 4.52. The van der Waals surface area contributed by atoms with Gasteiger partial charge >= 0.3 is 0 Å². The van der Waals surface area contributed by atoms with Gasteiger partial charge in [-0.25, -0.2) is 0 Å². The van der Waals surface area contributed by atoms with Crippen LogP contribution < -0.4 is 5.32 Å². The summed E-state index contributed by atoms with van der Waals surface area (Å²) in [4.78, 5) is 13.1. The fourth-order valence-corrected chi connectivity index (χ4v) is 1.24. The van der Waals surface area contributed by atoms with Crippen LogP contribution in [0.4, 0.5) is 0 Å². The lowest BCUT2D eigenvalue weighted by molar-refractivity contribution is 0.0951. The van der Waals surface area contributed by atoms with Gasteiger partial charge in [0.2, 0.25) is 0 Å². The lowest BCUT2D eigenvalue weighted by Gasteiger charge is -1.98. The van der Waals surface area contributed by atoms with Crippen molar-refractivity contribution in [3.63, 3.8) is 0 Å². The lowest BCUT2D eigenvalue weighted by Crippen LogP contribution is -2.24. The number of carbonyl (C=O) groups is 1. The molecular weight excluding hydrogens is 251 g/mol. The van der Waals surface area contributed by atoms with E-state index in [4.69, 9.17) is 23.2 Å². The molecule has 0 radical (unpaired) electrons. The number of rotatable bonds is 4. The van der Waals surface area contributed by atoms with Gasteiger partial charge in [0, 0.05) is 6.54 Å². The maximum absolute atomic E-state index is 11.6. The highest BCUT2D eigenvalue weighted by Crippen LogP contribution is 2.05.